The maximum absolute atomic E-state index is 13.0. The number of imidazole rings is 1. The number of carbonyl (C=O) groups excluding carboxylic acids is 1. The molecule has 1 saturated heterocycles. The Morgan fingerprint density at radius 2 is 1.74 bits per heavy atom. The predicted octanol–water partition coefficient (Wildman–Crippen LogP) is 5.95. The van der Waals surface area contributed by atoms with Crippen LogP contribution in [0.3, 0.4) is 0 Å². The molecule has 174 valence electrons. The van der Waals surface area contributed by atoms with E-state index in [1.165, 1.54) is 11.1 Å². The number of para-hydroxylation sites is 3. The van der Waals surface area contributed by atoms with Crippen LogP contribution in [-0.2, 0) is 11.3 Å². The molecule has 0 aliphatic carbocycles. The fourth-order valence-corrected chi connectivity index (χ4v) is 4.79. The lowest BCUT2D eigenvalue weighted by Gasteiger charge is -2.18. The zero-order chi connectivity index (χ0) is 23.7. The van der Waals surface area contributed by atoms with Gasteiger partial charge in [-0.1, -0.05) is 36.4 Å². The van der Waals surface area contributed by atoms with Crippen LogP contribution in [0, 0.1) is 20.8 Å². The Morgan fingerprint density at radius 1 is 0.941 bits per heavy atom. The lowest BCUT2D eigenvalue weighted by molar-refractivity contribution is -0.117. The summed E-state index contributed by atoms with van der Waals surface area (Å²) in [7, 11) is 0. The van der Waals surface area contributed by atoms with E-state index in [-0.39, 0.29) is 11.8 Å². The summed E-state index contributed by atoms with van der Waals surface area (Å²) in [5, 5.41) is 0. The highest BCUT2D eigenvalue weighted by atomic mass is 16.5. The van der Waals surface area contributed by atoms with Gasteiger partial charge >= 0.3 is 0 Å². The molecular formula is C29H31N3O2. The van der Waals surface area contributed by atoms with Crippen LogP contribution in [0.1, 0.15) is 41.3 Å². The van der Waals surface area contributed by atoms with Gasteiger partial charge in [0.2, 0.25) is 5.91 Å². The molecule has 0 radical (unpaired) electrons. The van der Waals surface area contributed by atoms with Gasteiger partial charge in [-0.25, -0.2) is 4.98 Å². The number of fused-ring (bicyclic) bond motifs is 1. The summed E-state index contributed by atoms with van der Waals surface area (Å²) in [5.41, 5.74) is 6.66. The van der Waals surface area contributed by atoms with E-state index < -0.39 is 0 Å². The topological polar surface area (TPSA) is 47.4 Å². The van der Waals surface area contributed by atoms with Gasteiger partial charge < -0.3 is 14.2 Å². The van der Waals surface area contributed by atoms with E-state index in [0.29, 0.717) is 19.6 Å². The maximum atomic E-state index is 13.0. The van der Waals surface area contributed by atoms with Crippen molar-refractivity contribution in [3.8, 4) is 5.75 Å². The molecule has 0 N–H and O–H groups in total. The number of nitrogens with zero attached hydrogens (tertiary/aromatic N) is 3. The number of rotatable bonds is 7. The van der Waals surface area contributed by atoms with E-state index in [2.05, 4.69) is 67.8 Å². The Kier molecular flexibility index (Phi) is 6.10. The molecule has 0 bridgehead atoms. The molecule has 5 rings (SSSR count). The normalized spacial score (nSPS) is 15.9. The van der Waals surface area contributed by atoms with E-state index >= 15 is 0 Å². The van der Waals surface area contributed by atoms with E-state index in [1.54, 1.807) is 0 Å². The zero-order valence-electron chi connectivity index (χ0n) is 20.1. The number of amides is 1. The van der Waals surface area contributed by atoms with Gasteiger partial charge in [0.1, 0.15) is 11.6 Å². The Bertz CT molecular complexity index is 1340. The highest BCUT2D eigenvalue weighted by molar-refractivity contribution is 5.96. The fraction of sp³-hybridized carbons (Fsp3) is 0.310. The fourth-order valence-electron chi connectivity index (χ4n) is 4.79. The number of aromatic nitrogens is 2. The first-order valence-corrected chi connectivity index (χ1v) is 12.0. The van der Waals surface area contributed by atoms with Gasteiger partial charge in [0, 0.05) is 31.1 Å². The van der Waals surface area contributed by atoms with Gasteiger partial charge in [-0.15, -0.1) is 0 Å². The summed E-state index contributed by atoms with van der Waals surface area (Å²) >= 11 is 0. The van der Waals surface area contributed by atoms with Crippen LogP contribution < -0.4 is 9.64 Å². The Balaban J connectivity index is 1.36. The highest BCUT2D eigenvalue weighted by Gasteiger charge is 2.34. The van der Waals surface area contributed by atoms with Crippen molar-refractivity contribution in [2.24, 2.45) is 0 Å². The van der Waals surface area contributed by atoms with Crippen LogP contribution in [0.4, 0.5) is 5.69 Å². The van der Waals surface area contributed by atoms with Crippen molar-refractivity contribution in [1.29, 1.82) is 0 Å². The summed E-state index contributed by atoms with van der Waals surface area (Å²) < 4.78 is 8.32. The molecule has 1 unspecified atom stereocenters. The molecule has 1 aromatic heterocycles. The summed E-state index contributed by atoms with van der Waals surface area (Å²) in [6.07, 6.45) is 1.35. The molecule has 1 fully saturated rings. The van der Waals surface area contributed by atoms with E-state index in [9.17, 15) is 4.79 Å². The smallest absolute Gasteiger partial charge is 0.227 e. The maximum Gasteiger partial charge on any atom is 0.227 e. The first kappa shape index (κ1) is 22.2. The van der Waals surface area contributed by atoms with Crippen molar-refractivity contribution >= 4 is 22.6 Å². The van der Waals surface area contributed by atoms with E-state index in [1.807, 2.05) is 29.2 Å². The Hall–Kier alpha value is -3.60. The van der Waals surface area contributed by atoms with Crippen LogP contribution >= 0.6 is 0 Å². The quantitative estimate of drug-likeness (QED) is 0.325. The summed E-state index contributed by atoms with van der Waals surface area (Å²) in [5.74, 6) is 2.16. The zero-order valence-corrected chi connectivity index (χ0v) is 20.1. The standard InChI is InChI=1S/C29H31N3O2/c1-20-13-14-24(17-22(20)3)32-19-23(18-28(32)33)29-30-25-10-5-6-11-26(25)31(29)15-8-16-34-27-12-7-4-9-21(27)2/h4-7,9-14,17,23H,8,15-16,18-19H2,1-3H3. The lowest BCUT2D eigenvalue weighted by atomic mass is 10.1. The third kappa shape index (κ3) is 4.30. The minimum Gasteiger partial charge on any atom is -0.493 e. The van der Waals surface area contributed by atoms with Gasteiger partial charge in [-0.05, 0) is 74.2 Å². The van der Waals surface area contributed by atoms with Gasteiger partial charge in [-0.3, -0.25) is 4.79 Å². The summed E-state index contributed by atoms with van der Waals surface area (Å²) in [4.78, 5) is 19.9. The van der Waals surface area contributed by atoms with Crippen LogP contribution in [-0.4, -0.2) is 28.6 Å². The molecule has 5 heteroatoms. The molecule has 3 aromatic carbocycles. The average Bonchev–Trinajstić information content (AvgIpc) is 3.40. The van der Waals surface area contributed by atoms with Crippen molar-refractivity contribution in [2.75, 3.05) is 18.1 Å². The number of ether oxygens (including phenoxy) is 1. The second kappa shape index (κ2) is 9.34. The van der Waals surface area contributed by atoms with Crippen LogP contribution in [0.5, 0.6) is 5.75 Å². The number of hydrogen-bond donors (Lipinski definition) is 0. The van der Waals surface area contributed by atoms with Crippen molar-refractivity contribution in [1.82, 2.24) is 9.55 Å². The van der Waals surface area contributed by atoms with E-state index in [4.69, 9.17) is 9.72 Å². The molecule has 0 saturated carbocycles. The number of benzene rings is 3. The Labute approximate surface area is 201 Å². The highest BCUT2D eigenvalue weighted by Crippen LogP contribution is 2.34. The number of carbonyl (C=O) groups is 1. The average molecular weight is 454 g/mol. The van der Waals surface area contributed by atoms with Gasteiger partial charge in [0.25, 0.3) is 0 Å². The predicted molar refractivity (Wildman–Crippen MR) is 137 cm³/mol. The SMILES string of the molecule is Cc1ccc(N2CC(c3nc4ccccc4n3CCCOc3ccccc3C)CC2=O)cc1C. The molecule has 1 atom stereocenters. The summed E-state index contributed by atoms with van der Waals surface area (Å²) in [6.45, 7) is 8.35. The Morgan fingerprint density at radius 3 is 2.56 bits per heavy atom. The number of anilines is 1. The minimum atomic E-state index is 0.0683. The van der Waals surface area contributed by atoms with Crippen LogP contribution in [0.15, 0.2) is 66.7 Å². The van der Waals surface area contributed by atoms with Crippen molar-refractivity contribution < 1.29 is 9.53 Å². The summed E-state index contributed by atoms with van der Waals surface area (Å²) in [6, 6.07) is 22.6. The van der Waals surface area contributed by atoms with Crippen molar-refractivity contribution in [2.45, 2.75) is 46.1 Å². The first-order valence-electron chi connectivity index (χ1n) is 12.0. The second-order valence-corrected chi connectivity index (χ2v) is 9.25. The van der Waals surface area contributed by atoms with Crippen LogP contribution in [0.2, 0.25) is 0 Å². The molecule has 0 spiro atoms. The largest absolute Gasteiger partial charge is 0.493 e. The molecule has 1 aliphatic heterocycles. The van der Waals surface area contributed by atoms with Crippen molar-refractivity contribution in [3.05, 3.63) is 89.2 Å². The molecule has 4 aromatic rings. The van der Waals surface area contributed by atoms with Gasteiger partial charge in [0.15, 0.2) is 0 Å². The third-order valence-electron chi connectivity index (χ3n) is 6.85. The number of aryl methyl sites for hydroxylation is 4. The van der Waals surface area contributed by atoms with Gasteiger partial charge in [-0.2, -0.15) is 0 Å². The molecule has 2 heterocycles. The van der Waals surface area contributed by atoms with E-state index in [0.717, 1.165) is 46.8 Å². The minimum absolute atomic E-state index is 0.0683. The molecule has 1 aliphatic rings. The number of hydrogen-bond acceptors (Lipinski definition) is 3. The molecule has 5 nitrogen and oxygen atoms in total. The van der Waals surface area contributed by atoms with Gasteiger partial charge in [0.05, 0.1) is 17.6 Å². The van der Waals surface area contributed by atoms with Crippen LogP contribution in [0.25, 0.3) is 11.0 Å². The van der Waals surface area contributed by atoms with Crippen molar-refractivity contribution in [3.63, 3.8) is 0 Å². The molecule has 34 heavy (non-hydrogen) atoms. The third-order valence-corrected chi connectivity index (χ3v) is 6.85. The molecule has 1 amide bonds. The second-order valence-electron chi connectivity index (χ2n) is 9.25. The molecular weight excluding hydrogens is 422 g/mol. The first-order chi connectivity index (χ1) is 16.5. The monoisotopic (exact) mass is 453 g/mol. The lowest BCUT2D eigenvalue weighted by Crippen LogP contribution is -2.24.